The molecule has 8 heteroatoms. The van der Waals surface area contributed by atoms with Crippen molar-refractivity contribution in [2.24, 2.45) is 0 Å². The quantitative estimate of drug-likeness (QED) is 0.707. The molecule has 8 nitrogen and oxygen atoms in total. The Hall–Kier alpha value is -2.64. The van der Waals surface area contributed by atoms with E-state index in [0.717, 1.165) is 17.8 Å². The maximum Gasteiger partial charge on any atom is 0.325 e. The second-order valence-corrected chi connectivity index (χ2v) is 5.04. The largest absolute Gasteiger partial charge is 0.352 e. The predicted octanol–water partition coefficient (Wildman–Crippen LogP) is -0.245. The molecule has 0 saturated heterocycles. The lowest BCUT2D eigenvalue weighted by Gasteiger charge is -2.07. The lowest BCUT2D eigenvalue weighted by Crippen LogP contribution is -2.32. The van der Waals surface area contributed by atoms with Crippen molar-refractivity contribution >= 4 is 5.91 Å². The second-order valence-electron chi connectivity index (χ2n) is 5.04. The number of hydrogen-bond donors (Lipinski definition) is 3. The Balaban J connectivity index is 2.03. The smallest absolute Gasteiger partial charge is 0.325 e. The van der Waals surface area contributed by atoms with E-state index >= 15 is 0 Å². The maximum absolute atomic E-state index is 12.0. The minimum Gasteiger partial charge on any atom is -0.352 e. The minimum absolute atomic E-state index is 0.0844. The number of aryl methyl sites for hydroxylation is 2. The van der Waals surface area contributed by atoms with Crippen molar-refractivity contribution in [2.45, 2.75) is 40.3 Å². The van der Waals surface area contributed by atoms with Crippen molar-refractivity contribution < 1.29 is 4.79 Å². The van der Waals surface area contributed by atoms with E-state index in [4.69, 9.17) is 0 Å². The molecule has 0 spiro atoms. The van der Waals surface area contributed by atoms with Crippen LogP contribution in [-0.4, -0.2) is 25.7 Å². The Labute approximate surface area is 126 Å². The number of nitrogens with zero attached hydrogens (tertiary/aromatic N) is 2. The molecule has 0 atom stereocenters. The summed E-state index contributed by atoms with van der Waals surface area (Å²) < 4.78 is 1.85. The highest BCUT2D eigenvalue weighted by atomic mass is 16.2. The van der Waals surface area contributed by atoms with Gasteiger partial charge in [0, 0.05) is 35.6 Å². The Bertz CT molecular complexity index is 800. The summed E-state index contributed by atoms with van der Waals surface area (Å²) >= 11 is 0. The fourth-order valence-corrected chi connectivity index (χ4v) is 2.23. The molecule has 0 aliphatic carbocycles. The molecule has 2 heterocycles. The summed E-state index contributed by atoms with van der Waals surface area (Å²) in [6.45, 7) is 6.65. The molecule has 2 aromatic rings. The van der Waals surface area contributed by atoms with E-state index in [-0.39, 0.29) is 17.9 Å². The molecule has 0 aliphatic heterocycles. The van der Waals surface area contributed by atoms with Crippen molar-refractivity contribution in [3.63, 3.8) is 0 Å². The van der Waals surface area contributed by atoms with E-state index in [1.807, 2.05) is 18.5 Å². The van der Waals surface area contributed by atoms with Crippen LogP contribution in [0.3, 0.4) is 0 Å². The van der Waals surface area contributed by atoms with Crippen molar-refractivity contribution in [3.8, 4) is 0 Å². The molecule has 0 saturated carbocycles. The fraction of sp³-hybridized carbons (Fsp3) is 0.429. The van der Waals surface area contributed by atoms with Gasteiger partial charge in [-0.2, -0.15) is 5.10 Å². The molecule has 0 aliphatic rings. The number of aromatic amines is 2. The van der Waals surface area contributed by atoms with Crippen LogP contribution in [0.15, 0.2) is 15.8 Å². The van der Waals surface area contributed by atoms with Crippen LogP contribution in [0.25, 0.3) is 0 Å². The second kappa shape index (κ2) is 6.42. The molecule has 3 N–H and O–H groups in total. The first-order valence-electron chi connectivity index (χ1n) is 7.02. The Morgan fingerprint density at radius 2 is 2.05 bits per heavy atom. The molecule has 22 heavy (non-hydrogen) atoms. The Morgan fingerprint density at radius 3 is 2.64 bits per heavy atom. The van der Waals surface area contributed by atoms with E-state index in [0.29, 0.717) is 12.2 Å². The summed E-state index contributed by atoms with van der Waals surface area (Å²) in [5.74, 6) is -0.288. The first-order valence-corrected chi connectivity index (χ1v) is 7.02. The van der Waals surface area contributed by atoms with Gasteiger partial charge in [-0.1, -0.05) is 0 Å². The molecule has 0 aromatic carbocycles. The first-order chi connectivity index (χ1) is 10.4. The number of carbonyl (C=O) groups excluding carboxylic acids is 1. The van der Waals surface area contributed by atoms with Crippen molar-refractivity contribution in [1.29, 1.82) is 0 Å². The van der Waals surface area contributed by atoms with Gasteiger partial charge in [0.2, 0.25) is 5.91 Å². The number of nitrogens with one attached hydrogen (secondary N) is 3. The standard InChI is InChI=1S/C14H19N5O3/c1-4-19-9(3)10(7-16-19)6-15-12(20)5-11-8(2)17-14(22)18-13(11)21/h7H,4-6H2,1-3H3,(H,15,20)(H2,17,18,21,22). The van der Waals surface area contributed by atoms with Crippen LogP contribution in [0, 0.1) is 13.8 Å². The normalized spacial score (nSPS) is 10.7. The van der Waals surface area contributed by atoms with Crippen LogP contribution in [-0.2, 0) is 24.3 Å². The summed E-state index contributed by atoms with van der Waals surface area (Å²) in [6.07, 6.45) is 1.64. The number of rotatable bonds is 5. The van der Waals surface area contributed by atoms with Gasteiger partial charge in [-0.3, -0.25) is 19.3 Å². The molecule has 2 aromatic heterocycles. The molecule has 1 amide bonds. The highest BCUT2D eigenvalue weighted by molar-refractivity contribution is 5.78. The lowest BCUT2D eigenvalue weighted by molar-refractivity contribution is -0.120. The molecular formula is C14H19N5O3. The van der Waals surface area contributed by atoms with E-state index in [2.05, 4.69) is 20.4 Å². The number of carbonyl (C=O) groups is 1. The highest BCUT2D eigenvalue weighted by Crippen LogP contribution is 2.06. The van der Waals surface area contributed by atoms with Gasteiger partial charge in [0.1, 0.15) is 0 Å². The monoisotopic (exact) mass is 305 g/mol. The minimum atomic E-state index is -0.575. The number of aromatic nitrogens is 4. The van der Waals surface area contributed by atoms with Crippen molar-refractivity contribution in [1.82, 2.24) is 25.1 Å². The third-order valence-corrected chi connectivity index (χ3v) is 3.57. The van der Waals surface area contributed by atoms with Crippen LogP contribution in [0.1, 0.15) is 29.4 Å². The third kappa shape index (κ3) is 3.33. The summed E-state index contributed by atoms with van der Waals surface area (Å²) in [5.41, 5.74) is 1.49. The Kier molecular flexibility index (Phi) is 4.59. The third-order valence-electron chi connectivity index (χ3n) is 3.57. The van der Waals surface area contributed by atoms with Gasteiger partial charge in [0.15, 0.2) is 0 Å². The molecule has 0 unspecified atom stereocenters. The average molecular weight is 305 g/mol. The molecule has 0 radical (unpaired) electrons. The van der Waals surface area contributed by atoms with Gasteiger partial charge in [-0.15, -0.1) is 0 Å². The highest BCUT2D eigenvalue weighted by Gasteiger charge is 2.12. The van der Waals surface area contributed by atoms with Gasteiger partial charge < -0.3 is 10.3 Å². The first kappa shape index (κ1) is 15.7. The van der Waals surface area contributed by atoms with Gasteiger partial charge in [0.25, 0.3) is 5.56 Å². The van der Waals surface area contributed by atoms with Gasteiger partial charge >= 0.3 is 5.69 Å². The molecule has 2 rings (SSSR count). The van der Waals surface area contributed by atoms with Crippen LogP contribution < -0.4 is 16.6 Å². The number of hydrogen-bond acceptors (Lipinski definition) is 4. The lowest BCUT2D eigenvalue weighted by atomic mass is 10.1. The topological polar surface area (TPSA) is 113 Å². The molecule has 0 bridgehead atoms. The summed E-state index contributed by atoms with van der Waals surface area (Å²) in [6, 6.07) is 0. The zero-order chi connectivity index (χ0) is 16.3. The van der Waals surface area contributed by atoms with E-state index in [1.165, 1.54) is 0 Å². The Morgan fingerprint density at radius 1 is 1.32 bits per heavy atom. The van der Waals surface area contributed by atoms with Crippen molar-refractivity contribution in [2.75, 3.05) is 0 Å². The van der Waals surface area contributed by atoms with Gasteiger partial charge in [-0.25, -0.2) is 4.79 Å². The van der Waals surface area contributed by atoms with Gasteiger partial charge in [-0.05, 0) is 20.8 Å². The van der Waals surface area contributed by atoms with Crippen LogP contribution >= 0.6 is 0 Å². The summed E-state index contributed by atoms with van der Waals surface area (Å²) in [4.78, 5) is 39.4. The van der Waals surface area contributed by atoms with Crippen LogP contribution in [0.4, 0.5) is 0 Å². The molecule has 0 fully saturated rings. The van der Waals surface area contributed by atoms with E-state index < -0.39 is 11.2 Å². The zero-order valence-electron chi connectivity index (χ0n) is 12.8. The number of amides is 1. The van der Waals surface area contributed by atoms with Gasteiger partial charge in [0.05, 0.1) is 12.6 Å². The average Bonchev–Trinajstić information content (AvgIpc) is 2.81. The van der Waals surface area contributed by atoms with E-state index in [9.17, 15) is 14.4 Å². The fourth-order valence-electron chi connectivity index (χ4n) is 2.23. The van der Waals surface area contributed by atoms with E-state index in [1.54, 1.807) is 13.1 Å². The zero-order valence-corrected chi connectivity index (χ0v) is 12.8. The molecule has 118 valence electrons. The SMILES string of the molecule is CCn1ncc(CNC(=O)Cc2c(C)[nH]c(=O)[nH]c2=O)c1C. The maximum atomic E-state index is 12.0. The molecular weight excluding hydrogens is 286 g/mol. The van der Waals surface area contributed by atoms with Crippen LogP contribution in [0.2, 0.25) is 0 Å². The van der Waals surface area contributed by atoms with Crippen molar-refractivity contribution in [3.05, 3.63) is 49.5 Å². The summed E-state index contributed by atoms with van der Waals surface area (Å²) in [7, 11) is 0. The predicted molar refractivity (Wildman–Crippen MR) is 80.6 cm³/mol. The summed E-state index contributed by atoms with van der Waals surface area (Å²) in [5, 5.41) is 6.96. The number of H-pyrrole nitrogens is 2. The van der Waals surface area contributed by atoms with Crippen LogP contribution in [0.5, 0.6) is 0 Å².